The largest absolute Gasteiger partial charge is 0.490 e. The summed E-state index contributed by atoms with van der Waals surface area (Å²) in [4.78, 5) is 0. The van der Waals surface area contributed by atoms with Gasteiger partial charge < -0.3 is 4.74 Å². The summed E-state index contributed by atoms with van der Waals surface area (Å²) in [5.74, 6) is -4.81. The first-order valence-electron chi connectivity index (χ1n) is 9.09. The van der Waals surface area contributed by atoms with Crippen molar-refractivity contribution in [3.05, 3.63) is 53.1 Å². The van der Waals surface area contributed by atoms with E-state index in [1.165, 1.54) is 24.3 Å². The second kappa shape index (κ2) is 9.60. The highest BCUT2D eigenvalue weighted by Gasteiger charge is 2.21. The van der Waals surface area contributed by atoms with Gasteiger partial charge in [0.1, 0.15) is 0 Å². The average Bonchev–Trinajstić information content (AvgIpc) is 2.63. The van der Waals surface area contributed by atoms with Gasteiger partial charge in [-0.25, -0.2) is 13.2 Å². The van der Waals surface area contributed by atoms with Crippen molar-refractivity contribution in [2.24, 2.45) is 0 Å². The van der Waals surface area contributed by atoms with Crippen molar-refractivity contribution in [2.75, 3.05) is 6.61 Å². The zero-order valence-corrected chi connectivity index (χ0v) is 15.2. The minimum Gasteiger partial charge on any atom is -0.490 e. The van der Waals surface area contributed by atoms with Gasteiger partial charge in [-0.05, 0) is 37.0 Å². The molecule has 0 aliphatic heterocycles. The van der Waals surface area contributed by atoms with Crippen molar-refractivity contribution in [2.45, 2.75) is 52.4 Å². The molecule has 2 aromatic carbocycles. The van der Waals surface area contributed by atoms with Crippen molar-refractivity contribution in [1.29, 1.82) is 0 Å². The van der Waals surface area contributed by atoms with E-state index in [0.29, 0.717) is 12.8 Å². The molecule has 0 saturated heterocycles. The molecular formula is C21H24F4O. The molecule has 5 heteroatoms. The van der Waals surface area contributed by atoms with Gasteiger partial charge in [-0.1, -0.05) is 45.2 Å². The Balaban J connectivity index is 2.30. The van der Waals surface area contributed by atoms with Crippen molar-refractivity contribution >= 4 is 0 Å². The monoisotopic (exact) mass is 368 g/mol. The maximum absolute atomic E-state index is 14.4. The van der Waals surface area contributed by atoms with Crippen molar-refractivity contribution in [1.82, 2.24) is 0 Å². The third-order valence-corrected chi connectivity index (χ3v) is 4.30. The van der Waals surface area contributed by atoms with Crippen LogP contribution in [0.2, 0.25) is 0 Å². The Labute approximate surface area is 152 Å². The maximum Gasteiger partial charge on any atom is 0.201 e. The van der Waals surface area contributed by atoms with Gasteiger partial charge in [-0.3, -0.25) is 0 Å². The fraction of sp³-hybridized carbons (Fsp3) is 0.429. The molecule has 0 aliphatic carbocycles. The number of rotatable bonds is 9. The zero-order chi connectivity index (χ0) is 19.1. The highest BCUT2D eigenvalue weighted by Crippen LogP contribution is 2.33. The Bertz CT molecular complexity index is 680. The molecule has 0 heterocycles. The topological polar surface area (TPSA) is 9.23 Å². The van der Waals surface area contributed by atoms with Gasteiger partial charge in [-0.2, -0.15) is 4.39 Å². The van der Waals surface area contributed by atoms with Crippen LogP contribution in [-0.2, 0) is 6.42 Å². The van der Waals surface area contributed by atoms with E-state index < -0.39 is 23.3 Å². The summed E-state index contributed by atoms with van der Waals surface area (Å²) in [5.41, 5.74) is -0.361. The lowest BCUT2D eigenvalue weighted by Crippen LogP contribution is -2.03. The number of unbranched alkanes of at least 4 members (excludes halogenated alkanes) is 3. The van der Waals surface area contributed by atoms with E-state index in [-0.39, 0.29) is 29.0 Å². The third-order valence-electron chi connectivity index (χ3n) is 4.30. The van der Waals surface area contributed by atoms with Crippen LogP contribution in [0, 0.1) is 23.3 Å². The fourth-order valence-electron chi connectivity index (χ4n) is 2.73. The molecule has 0 saturated carbocycles. The first kappa shape index (κ1) is 20.3. The summed E-state index contributed by atoms with van der Waals surface area (Å²) in [7, 11) is 0. The molecule has 0 aromatic heterocycles. The molecule has 2 rings (SSSR count). The lowest BCUT2D eigenvalue weighted by atomic mass is 9.99. The first-order chi connectivity index (χ1) is 12.5. The summed E-state index contributed by atoms with van der Waals surface area (Å²) < 4.78 is 62.4. The number of halogens is 4. The molecule has 0 radical (unpaired) electrons. The number of hydrogen-bond acceptors (Lipinski definition) is 1. The second-order valence-corrected chi connectivity index (χ2v) is 6.30. The standard InChI is InChI=1S/C21H24F4O/c1-3-5-7-8-14-9-10-15(19(23)18(14)22)16-11-12-17(21(25)20(16)24)26-13-6-4-2/h9-12H,3-8,13H2,1-2H3. The quantitative estimate of drug-likeness (QED) is 0.348. The van der Waals surface area contributed by atoms with E-state index in [9.17, 15) is 17.6 Å². The van der Waals surface area contributed by atoms with E-state index in [1.807, 2.05) is 13.8 Å². The molecule has 0 fully saturated rings. The minimum absolute atomic E-state index is 0.225. The zero-order valence-electron chi connectivity index (χ0n) is 15.2. The fourth-order valence-corrected chi connectivity index (χ4v) is 2.73. The van der Waals surface area contributed by atoms with Gasteiger partial charge in [0, 0.05) is 11.1 Å². The summed E-state index contributed by atoms with van der Waals surface area (Å²) in [5, 5.41) is 0. The molecule has 0 unspecified atom stereocenters. The van der Waals surface area contributed by atoms with E-state index in [4.69, 9.17) is 4.74 Å². The summed E-state index contributed by atoms with van der Waals surface area (Å²) in [6.07, 6.45) is 4.62. The smallest absolute Gasteiger partial charge is 0.201 e. The van der Waals surface area contributed by atoms with Crippen LogP contribution in [0.25, 0.3) is 11.1 Å². The lowest BCUT2D eigenvalue weighted by Gasteiger charge is -2.12. The van der Waals surface area contributed by atoms with Crippen LogP contribution in [0.15, 0.2) is 24.3 Å². The van der Waals surface area contributed by atoms with Gasteiger partial charge in [0.2, 0.25) is 5.82 Å². The maximum atomic E-state index is 14.4. The van der Waals surface area contributed by atoms with Crippen LogP contribution < -0.4 is 4.74 Å². The van der Waals surface area contributed by atoms with Crippen LogP contribution in [0.3, 0.4) is 0 Å². The van der Waals surface area contributed by atoms with Crippen molar-refractivity contribution in [3.63, 3.8) is 0 Å². The molecule has 0 N–H and O–H groups in total. The summed E-state index contributed by atoms with van der Waals surface area (Å²) >= 11 is 0. The van der Waals surface area contributed by atoms with Crippen LogP contribution >= 0.6 is 0 Å². The Morgan fingerprint density at radius 2 is 1.31 bits per heavy atom. The highest BCUT2D eigenvalue weighted by atomic mass is 19.2. The molecule has 0 amide bonds. The van der Waals surface area contributed by atoms with Crippen LogP contribution in [-0.4, -0.2) is 6.61 Å². The minimum atomic E-state index is -1.24. The van der Waals surface area contributed by atoms with Crippen LogP contribution in [0.4, 0.5) is 17.6 Å². The molecule has 0 aliphatic rings. The number of aryl methyl sites for hydroxylation is 1. The van der Waals surface area contributed by atoms with Gasteiger partial charge in [0.05, 0.1) is 6.61 Å². The van der Waals surface area contributed by atoms with Crippen LogP contribution in [0.1, 0.15) is 51.5 Å². The van der Waals surface area contributed by atoms with E-state index in [2.05, 4.69) is 0 Å². The average molecular weight is 368 g/mol. The molecule has 1 nitrogen and oxygen atoms in total. The third kappa shape index (κ3) is 4.57. The van der Waals surface area contributed by atoms with Gasteiger partial charge >= 0.3 is 0 Å². The molecule has 142 valence electrons. The van der Waals surface area contributed by atoms with Gasteiger partial charge in [0.25, 0.3) is 0 Å². The highest BCUT2D eigenvalue weighted by molar-refractivity contribution is 5.66. The van der Waals surface area contributed by atoms with E-state index in [1.54, 1.807) is 0 Å². The molecular weight excluding hydrogens is 344 g/mol. The SMILES string of the molecule is CCCCCc1ccc(-c2ccc(OCCCC)c(F)c2F)c(F)c1F. The predicted octanol–water partition coefficient (Wildman–Crippen LogP) is 6.82. The predicted molar refractivity (Wildman–Crippen MR) is 95.3 cm³/mol. The van der Waals surface area contributed by atoms with Gasteiger partial charge in [0.15, 0.2) is 23.2 Å². The second-order valence-electron chi connectivity index (χ2n) is 6.30. The first-order valence-corrected chi connectivity index (χ1v) is 9.09. The van der Waals surface area contributed by atoms with Crippen molar-refractivity contribution < 1.29 is 22.3 Å². The Kier molecular flexibility index (Phi) is 7.49. The summed E-state index contributed by atoms with van der Waals surface area (Å²) in [6, 6.07) is 5.20. The van der Waals surface area contributed by atoms with E-state index in [0.717, 1.165) is 25.7 Å². The van der Waals surface area contributed by atoms with Crippen LogP contribution in [0.5, 0.6) is 5.75 Å². The molecule has 0 spiro atoms. The molecule has 26 heavy (non-hydrogen) atoms. The Hall–Kier alpha value is -2.04. The normalized spacial score (nSPS) is 11.0. The van der Waals surface area contributed by atoms with Gasteiger partial charge in [-0.15, -0.1) is 0 Å². The molecule has 0 bridgehead atoms. The Morgan fingerprint density at radius 3 is 1.96 bits per heavy atom. The number of hydrogen-bond donors (Lipinski definition) is 0. The molecule has 0 atom stereocenters. The number of ether oxygens (including phenoxy) is 1. The summed E-state index contributed by atoms with van der Waals surface area (Å²) in [6.45, 7) is 4.24. The van der Waals surface area contributed by atoms with Crippen molar-refractivity contribution in [3.8, 4) is 16.9 Å². The van der Waals surface area contributed by atoms with E-state index >= 15 is 0 Å². The molecule has 2 aromatic rings. The lowest BCUT2D eigenvalue weighted by molar-refractivity contribution is 0.289. The number of benzene rings is 2. The Morgan fingerprint density at radius 1 is 0.692 bits per heavy atom.